The standard InChI is InChI=1S/C6H12F6O4S2Si2/c1-19(2,17(13,14)5(7,8)9)20(3,4)18(15,16)6(10,11)12/h1-4H3. The van der Waals surface area contributed by atoms with Gasteiger partial charge in [-0.05, 0) is 0 Å². The van der Waals surface area contributed by atoms with Gasteiger partial charge in [-0.3, -0.25) is 0 Å². The highest BCUT2D eigenvalue weighted by Crippen LogP contribution is 2.42. The van der Waals surface area contributed by atoms with E-state index >= 15 is 0 Å². The Morgan fingerprint density at radius 2 is 0.750 bits per heavy atom. The van der Waals surface area contributed by atoms with Crippen molar-refractivity contribution in [2.45, 2.75) is 37.2 Å². The number of alkyl halides is 6. The average Bonchev–Trinajstić information content (AvgIpc) is 2.12. The molecule has 0 N–H and O–H groups in total. The SMILES string of the molecule is C[Si](C)([Si](C)(C)S(=O)(=O)C(F)(F)F)S(=O)(=O)C(F)(F)F. The minimum atomic E-state index is -5.96. The van der Waals surface area contributed by atoms with Crippen LogP contribution >= 0.6 is 0 Å². The molecule has 0 radical (unpaired) electrons. The summed E-state index contributed by atoms with van der Waals surface area (Å²) in [7, 11) is -11.9. The number of hydrogen-bond donors (Lipinski definition) is 0. The van der Waals surface area contributed by atoms with Crippen molar-refractivity contribution in [3.8, 4) is 0 Å². The lowest BCUT2D eigenvalue weighted by molar-refractivity contribution is -0.0425. The summed E-state index contributed by atoms with van der Waals surface area (Å²) in [4.78, 5) is 0. The molecule has 0 fully saturated rings. The van der Waals surface area contributed by atoms with Crippen LogP contribution in [0, 0.1) is 0 Å². The van der Waals surface area contributed by atoms with Gasteiger partial charge in [0.25, 0.3) is 0 Å². The molecule has 14 heteroatoms. The normalized spacial score (nSPS) is 16.3. The molecule has 0 aliphatic carbocycles. The molecule has 0 saturated heterocycles. The summed E-state index contributed by atoms with van der Waals surface area (Å²) in [6.45, 7) is -7.76. The molecule has 0 aliphatic heterocycles. The van der Waals surface area contributed by atoms with E-state index in [1.54, 1.807) is 0 Å². The van der Waals surface area contributed by atoms with Crippen LogP contribution in [-0.2, 0) is 18.6 Å². The van der Waals surface area contributed by atoms with Gasteiger partial charge >= 0.3 is 11.0 Å². The van der Waals surface area contributed by atoms with Gasteiger partial charge in [0.15, 0.2) is 0 Å². The molecule has 20 heavy (non-hydrogen) atoms. The third-order valence-corrected chi connectivity index (χ3v) is 43.5. The molecule has 0 aromatic carbocycles. The van der Waals surface area contributed by atoms with Crippen LogP contribution in [0.1, 0.15) is 0 Å². The lowest BCUT2D eigenvalue weighted by Gasteiger charge is -2.36. The van der Waals surface area contributed by atoms with E-state index in [-0.39, 0.29) is 0 Å². The first kappa shape index (κ1) is 19.9. The van der Waals surface area contributed by atoms with Crippen molar-refractivity contribution in [1.29, 1.82) is 0 Å². The van der Waals surface area contributed by atoms with Gasteiger partial charge in [0.2, 0.25) is 32.1 Å². The van der Waals surface area contributed by atoms with Gasteiger partial charge in [-0.15, -0.1) is 0 Å². The van der Waals surface area contributed by atoms with Crippen molar-refractivity contribution in [2.24, 2.45) is 0 Å². The third-order valence-electron chi connectivity index (χ3n) is 3.40. The van der Waals surface area contributed by atoms with Gasteiger partial charge in [-0.2, -0.15) is 26.3 Å². The van der Waals surface area contributed by atoms with E-state index in [2.05, 4.69) is 0 Å². The van der Waals surface area contributed by atoms with Crippen LogP contribution in [-0.4, -0.2) is 41.3 Å². The van der Waals surface area contributed by atoms with Crippen molar-refractivity contribution in [3.63, 3.8) is 0 Å². The van der Waals surface area contributed by atoms with Gasteiger partial charge in [-0.25, -0.2) is 16.8 Å². The lowest BCUT2D eigenvalue weighted by atomic mass is 11.6. The number of hydrogen-bond acceptors (Lipinski definition) is 4. The molecular formula is C6H12F6O4S2Si2. The monoisotopic (exact) mass is 382 g/mol. The smallest absolute Gasteiger partial charge is 0.227 e. The Balaban J connectivity index is 6.40. The predicted octanol–water partition coefficient (Wildman–Crippen LogP) is 2.34. The maximum absolute atomic E-state index is 12.5. The Bertz CT molecular complexity index is 532. The zero-order valence-electron chi connectivity index (χ0n) is 10.7. The third kappa shape index (κ3) is 2.54. The van der Waals surface area contributed by atoms with Crippen molar-refractivity contribution in [1.82, 2.24) is 0 Å². The quantitative estimate of drug-likeness (QED) is 0.555. The summed E-state index contributed by atoms with van der Waals surface area (Å²) >= 11 is 0. The van der Waals surface area contributed by atoms with Crippen LogP contribution in [0.5, 0.6) is 0 Å². The second-order valence-corrected chi connectivity index (χ2v) is 32.9. The van der Waals surface area contributed by atoms with Gasteiger partial charge < -0.3 is 0 Å². The van der Waals surface area contributed by atoms with Crippen LogP contribution in [0.3, 0.4) is 0 Å². The maximum Gasteiger partial charge on any atom is 0.490 e. The molecule has 0 heterocycles. The Hall–Kier alpha value is -0.0862. The molecule has 0 spiro atoms. The largest absolute Gasteiger partial charge is 0.490 e. The molecule has 0 rings (SSSR count). The highest BCUT2D eigenvalue weighted by atomic mass is 32.5. The second kappa shape index (κ2) is 4.71. The molecule has 0 aromatic heterocycles. The molecule has 0 unspecified atom stereocenters. The van der Waals surface area contributed by atoms with Gasteiger partial charge in [0.1, 0.15) is 0 Å². The minimum absolute atomic E-state index is 0.491. The summed E-state index contributed by atoms with van der Waals surface area (Å²) in [6, 6.07) is 0. The number of halogens is 6. The highest BCUT2D eigenvalue weighted by Gasteiger charge is 2.72. The van der Waals surface area contributed by atoms with E-state index in [4.69, 9.17) is 0 Å². The van der Waals surface area contributed by atoms with Crippen LogP contribution in [0.25, 0.3) is 0 Å². The summed E-state index contributed by atoms with van der Waals surface area (Å²) in [5.41, 5.74) is -11.6. The van der Waals surface area contributed by atoms with Gasteiger partial charge in [0, 0.05) is 0 Å². The Labute approximate surface area is 113 Å². The van der Waals surface area contributed by atoms with Crippen molar-refractivity contribution in [2.75, 3.05) is 0 Å². The van der Waals surface area contributed by atoms with Crippen molar-refractivity contribution >= 4 is 32.1 Å². The first-order chi connectivity index (χ1) is 8.25. The van der Waals surface area contributed by atoms with Crippen LogP contribution in [0.4, 0.5) is 26.3 Å². The van der Waals surface area contributed by atoms with E-state index in [1.165, 1.54) is 0 Å². The zero-order chi connectivity index (χ0) is 17.0. The molecule has 0 atom stereocenters. The second-order valence-electron chi connectivity index (χ2n) is 4.92. The highest BCUT2D eigenvalue weighted by molar-refractivity contribution is 8.44. The Morgan fingerprint density at radius 1 is 0.600 bits per heavy atom. The summed E-state index contributed by atoms with van der Waals surface area (Å²) in [5.74, 6) is 0. The molecule has 0 bridgehead atoms. The van der Waals surface area contributed by atoms with Gasteiger partial charge in [0.05, 0.1) is 0 Å². The minimum Gasteiger partial charge on any atom is -0.227 e. The van der Waals surface area contributed by atoms with E-state index in [0.717, 1.165) is 0 Å². The lowest BCUT2D eigenvalue weighted by Crippen LogP contribution is -2.69. The summed E-state index contributed by atoms with van der Waals surface area (Å²) in [6.07, 6.45) is 0. The summed E-state index contributed by atoms with van der Waals surface area (Å²) < 4.78 is 121. The fourth-order valence-electron chi connectivity index (χ4n) is 1.23. The molecule has 0 aliphatic rings. The topological polar surface area (TPSA) is 68.3 Å². The predicted molar refractivity (Wildman–Crippen MR) is 64.9 cm³/mol. The first-order valence-electron chi connectivity index (χ1n) is 4.87. The van der Waals surface area contributed by atoms with Gasteiger partial charge in [-0.1, -0.05) is 26.2 Å². The zero-order valence-corrected chi connectivity index (χ0v) is 14.4. The molecule has 0 aromatic rings. The number of rotatable bonds is 3. The molecule has 4 nitrogen and oxygen atoms in total. The summed E-state index contributed by atoms with van der Waals surface area (Å²) in [5, 5.41) is 0. The van der Waals surface area contributed by atoms with E-state index < -0.39 is 43.1 Å². The van der Waals surface area contributed by atoms with Crippen molar-refractivity contribution in [3.05, 3.63) is 0 Å². The molecule has 0 amide bonds. The average molecular weight is 382 g/mol. The van der Waals surface area contributed by atoms with Crippen LogP contribution in [0.15, 0.2) is 0 Å². The molecule has 122 valence electrons. The Morgan fingerprint density at radius 3 is 0.850 bits per heavy atom. The first-order valence-corrected chi connectivity index (χ1v) is 16.3. The van der Waals surface area contributed by atoms with E-state index in [9.17, 15) is 43.2 Å². The fourth-order valence-corrected chi connectivity index (χ4v) is 30.7. The van der Waals surface area contributed by atoms with Crippen molar-refractivity contribution < 1.29 is 43.2 Å². The Kier molecular flexibility index (Phi) is 4.69. The van der Waals surface area contributed by atoms with E-state index in [1.807, 2.05) is 0 Å². The van der Waals surface area contributed by atoms with Crippen LogP contribution < -0.4 is 0 Å². The fraction of sp³-hybridized carbons (Fsp3) is 1.00. The van der Waals surface area contributed by atoms with E-state index in [0.29, 0.717) is 26.2 Å². The molecule has 0 saturated carbocycles. The maximum atomic E-state index is 12.5. The van der Waals surface area contributed by atoms with Crippen LogP contribution in [0.2, 0.25) is 26.2 Å². The molecular weight excluding hydrogens is 370 g/mol.